The second-order valence-electron chi connectivity index (χ2n) is 4.40. The Labute approximate surface area is 110 Å². The van der Waals surface area contributed by atoms with Crippen LogP contribution in [0, 0.1) is 0 Å². The van der Waals surface area contributed by atoms with Gasteiger partial charge in [-0.3, -0.25) is 0 Å². The lowest BCUT2D eigenvalue weighted by Gasteiger charge is -2.18. The van der Waals surface area contributed by atoms with Crippen molar-refractivity contribution in [3.05, 3.63) is 22.8 Å². The minimum absolute atomic E-state index is 0.344. The summed E-state index contributed by atoms with van der Waals surface area (Å²) in [6.45, 7) is 4.26. The van der Waals surface area contributed by atoms with Crippen LogP contribution in [0.25, 0.3) is 10.8 Å². The molecule has 2 rings (SSSR count). The zero-order valence-corrected chi connectivity index (χ0v) is 11.6. The van der Waals surface area contributed by atoms with Crippen LogP contribution in [-0.2, 0) is 16.7 Å². The van der Waals surface area contributed by atoms with Crippen LogP contribution in [0.3, 0.4) is 0 Å². The fraction of sp³-hybridized carbons (Fsp3) is 0.500. The van der Waals surface area contributed by atoms with Crippen molar-refractivity contribution in [3.63, 3.8) is 0 Å². The number of rotatable bonds is 5. The fourth-order valence-electron chi connectivity index (χ4n) is 1.71. The van der Waals surface area contributed by atoms with Crippen molar-refractivity contribution in [2.24, 2.45) is 5.73 Å². The molecule has 2 N–H and O–H groups in total. The van der Waals surface area contributed by atoms with Gasteiger partial charge in [-0.15, -0.1) is 11.3 Å². The molecule has 0 radical (unpaired) electrons. The van der Waals surface area contributed by atoms with Crippen molar-refractivity contribution >= 4 is 11.3 Å². The van der Waals surface area contributed by atoms with Crippen LogP contribution in [0.2, 0.25) is 0 Å². The van der Waals surface area contributed by atoms with Crippen LogP contribution in [0.15, 0.2) is 16.0 Å². The quantitative estimate of drug-likeness (QED) is 0.898. The topological polar surface area (TPSA) is 74.2 Å². The van der Waals surface area contributed by atoms with Gasteiger partial charge in [0.25, 0.3) is 5.89 Å². The Morgan fingerprint density at radius 2 is 2.33 bits per heavy atom. The van der Waals surface area contributed by atoms with Crippen LogP contribution >= 0.6 is 11.3 Å². The minimum Gasteiger partial charge on any atom is -0.382 e. The van der Waals surface area contributed by atoms with Crippen LogP contribution < -0.4 is 5.73 Å². The van der Waals surface area contributed by atoms with Gasteiger partial charge in [0.2, 0.25) is 0 Å². The van der Waals surface area contributed by atoms with Gasteiger partial charge in [-0.25, -0.2) is 0 Å². The average Bonchev–Trinajstić information content (AvgIpc) is 2.97. The Morgan fingerprint density at radius 3 is 3.00 bits per heavy atom. The summed E-state index contributed by atoms with van der Waals surface area (Å²) in [6.07, 6.45) is 0.939. The van der Waals surface area contributed by atoms with Crippen molar-refractivity contribution < 1.29 is 9.26 Å². The van der Waals surface area contributed by atoms with E-state index < -0.39 is 5.54 Å². The fourth-order valence-corrected chi connectivity index (χ4v) is 2.63. The Bertz CT molecular complexity index is 519. The standard InChI is InChI=1S/C12H17N3O2S/c1-4-8-5-6-18-9(8)10-14-11(15-17-10)12(2,13)7-16-3/h5-6H,4,7,13H2,1-3H3. The third-order valence-electron chi connectivity index (χ3n) is 2.70. The molecule has 0 saturated heterocycles. The average molecular weight is 267 g/mol. The molecule has 98 valence electrons. The molecule has 0 aromatic carbocycles. The van der Waals surface area contributed by atoms with E-state index >= 15 is 0 Å². The molecule has 2 aromatic rings. The van der Waals surface area contributed by atoms with E-state index in [9.17, 15) is 0 Å². The highest BCUT2D eigenvalue weighted by Crippen LogP contribution is 2.29. The first-order chi connectivity index (χ1) is 8.58. The monoisotopic (exact) mass is 267 g/mol. The van der Waals surface area contributed by atoms with Gasteiger partial charge in [0.1, 0.15) is 5.54 Å². The molecular weight excluding hydrogens is 250 g/mol. The number of nitrogens with zero attached hydrogens (tertiary/aromatic N) is 2. The molecular formula is C12H17N3O2S. The Balaban J connectivity index is 2.31. The summed E-state index contributed by atoms with van der Waals surface area (Å²) >= 11 is 1.60. The van der Waals surface area contributed by atoms with Crippen LogP contribution in [0.4, 0.5) is 0 Å². The van der Waals surface area contributed by atoms with Crippen LogP contribution in [-0.4, -0.2) is 23.9 Å². The predicted molar refractivity (Wildman–Crippen MR) is 70.4 cm³/mol. The van der Waals surface area contributed by atoms with Gasteiger partial charge in [0.15, 0.2) is 5.82 Å². The van der Waals surface area contributed by atoms with Gasteiger partial charge in [0.05, 0.1) is 11.5 Å². The third kappa shape index (κ3) is 2.45. The summed E-state index contributed by atoms with van der Waals surface area (Å²) in [4.78, 5) is 5.40. The minimum atomic E-state index is -0.736. The normalized spacial score (nSPS) is 14.7. The molecule has 0 aliphatic heterocycles. The van der Waals surface area contributed by atoms with E-state index in [2.05, 4.69) is 23.1 Å². The molecule has 0 aliphatic rings. The van der Waals surface area contributed by atoms with E-state index in [1.807, 2.05) is 12.3 Å². The summed E-state index contributed by atoms with van der Waals surface area (Å²) < 4.78 is 10.4. The maximum absolute atomic E-state index is 6.08. The smallest absolute Gasteiger partial charge is 0.268 e. The number of thiophene rings is 1. The lowest BCUT2D eigenvalue weighted by Crippen LogP contribution is -2.38. The first-order valence-corrected chi connectivity index (χ1v) is 6.65. The molecule has 18 heavy (non-hydrogen) atoms. The molecule has 1 unspecified atom stereocenters. The van der Waals surface area contributed by atoms with E-state index in [4.69, 9.17) is 15.0 Å². The largest absolute Gasteiger partial charge is 0.382 e. The molecule has 0 bridgehead atoms. The summed E-state index contributed by atoms with van der Waals surface area (Å²) in [7, 11) is 1.60. The molecule has 1 atom stereocenters. The first kappa shape index (κ1) is 13.2. The summed E-state index contributed by atoms with van der Waals surface area (Å²) in [5.41, 5.74) is 6.55. The van der Waals surface area contributed by atoms with Crippen molar-refractivity contribution in [2.45, 2.75) is 25.8 Å². The van der Waals surface area contributed by atoms with E-state index in [0.717, 1.165) is 11.3 Å². The van der Waals surface area contributed by atoms with Crippen molar-refractivity contribution in [1.82, 2.24) is 10.1 Å². The van der Waals surface area contributed by atoms with E-state index in [0.29, 0.717) is 18.3 Å². The summed E-state index contributed by atoms with van der Waals surface area (Å²) in [5, 5.41) is 5.98. The number of hydrogen-bond donors (Lipinski definition) is 1. The first-order valence-electron chi connectivity index (χ1n) is 5.77. The Hall–Kier alpha value is -1.24. The van der Waals surface area contributed by atoms with E-state index in [-0.39, 0.29) is 0 Å². The Morgan fingerprint density at radius 1 is 1.56 bits per heavy atom. The van der Waals surface area contributed by atoms with Crippen LogP contribution in [0.1, 0.15) is 25.2 Å². The second kappa shape index (κ2) is 5.17. The maximum atomic E-state index is 6.08. The lowest BCUT2D eigenvalue weighted by molar-refractivity contribution is 0.135. The number of nitrogens with two attached hydrogens (primary N) is 1. The molecule has 5 nitrogen and oxygen atoms in total. The third-order valence-corrected chi connectivity index (χ3v) is 3.65. The number of ether oxygens (including phenoxy) is 1. The molecule has 0 fully saturated rings. The SMILES string of the molecule is CCc1ccsc1-c1nc(C(C)(N)COC)no1. The molecule has 2 heterocycles. The van der Waals surface area contributed by atoms with Gasteiger partial charge in [-0.1, -0.05) is 12.1 Å². The van der Waals surface area contributed by atoms with Crippen molar-refractivity contribution in [1.29, 1.82) is 0 Å². The predicted octanol–water partition coefficient (Wildman–Crippen LogP) is 2.18. The zero-order valence-electron chi connectivity index (χ0n) is 10.8. The van der Waals surface area contributed by atoms with Gasteiger partial charge in [0, 0.05) is 7.11 Å². The van der Waals surface area contributed by atoms with Gasteiger partial charge >= 0.3 is 0 Å². The highest BCUT2D eigenvalue weighted by atomic mass is 32.1. The highest BCUT2D eigenvalue weighted by Gasteiger charge is 2.28. The molecule has 6 heteroatoms. The summed E-state index contributed by atoms with van der Waals surface area (Å²) in [5.74, 6) is 0.999. The number of methoxy groups -OCH3 is 1. The number of aryl methyl sites for hydroxylation is 1. The summed E-state index contributed by atoms with van der Waals surface area (Å²) in [6, 6.07) is 2.07. The van der Waals surface area contributed by atoms with Gasteiger partial charge in [-0.05, 0) is 30.4 Å². The number of hydrogen-bond acceptors (Lipinski definition) is 6. The van der Waals surface area contributed by atoms with Crippen molar-refractivity contribution in [2.75, 3.05) is 13.7 Å². The lowest BCUT2D eigenvalue weighted by atomic mass is 10.1. The molecule has 0 saturated carbocycles. The molecule has 0 spiro atoms. The molecule has 0 aliphatic carbocycles. The maximum Gasteiger partial charge on any atom is 0.268 e. The Kier molecular flexibility index (Phi) is 3.79. The van der Waals surface area contributed by atoms with Crippen molar-refractivity contribution in [3.8, 4) is 10.8 Å². The van der Waals surface area contributed by atoms with E-state index in [1.165, 1.54) is 5.56 Å². The second-order valence-corrected chi connectivity index (χ2v) is 5.32. The van der Waals surface area contributed by atoms with Gasteiger partial charge in [-0.2, -0.15) is 4.98 Å². The molecule has 0 amide bonds. The van der Waals surface area contributed by atoms with Crippen LogP contribution in [0.5, 0.6) is 0 Å². The molecule has 2 aromatic heterocycles. The van der Waals surface area contributed by atoms with Gasteiger partial charge < -0.3 is 15.0 Å². The number of aromatic nitrogens is 2. The van der Waals surface area contributed by atoms with E-state index in [1.54, 1.807) is 18.4 Å². The zero-order chi connectivity index (χ0) is 13.2. The highest BCUT2D eigenvalue weighted by molar-refractivity contribution is 7.13.